The van der Waals surface area contributed by atoms with E-state index >= 15 is 0 Å². The second-order valence-electron chi connectivity index (χ2n) is 8.64. The number of anilines is 1. The number of ether oxygens (including phenoxy) is 2. The van der Waals surface area contributed by atoms with Crippen molar-refractivity contribution in [2.24, 2.45) is 11.8 Å². The largest absolute Gasteiger partial charge is 0.444 e. The van der Waals surface area contributed by atoms with E-state index in [0.717, 1.165) is 9.63 Å². The Morgan fingerprint density at radius 3 is 2.59 bits per heavy atom. The van der Waals surface area contributed by atoms with Crippen LogP contribution in [-0.4, -0.2) is 67.5 Å². The Labute approximate surface area is 184 Å². The summed E-state index contributed by atoms with van der Waals surface area (Å²) >= 11 is 0. The van der Waals surface area contributed by atoms with Gasteiger partial charge in [0.25, 0.3) is 0 Å². The molecule has 0 spiro atoms. The molecule has 0 radical (unpaired) electrons. The number of hydroxylamine groups is 2. The summed E-state index contributed by atoms with van der Waals surface area (Å²) in [6.45, 7) is 8.07. The van der Waals surface area contributed by atoms with E-state index < -0.39 is 54.6 Å². The molecule has 5 atom stereocenters. The van der Waals surface area contributed by atoms with Crippen LogP contribution in [0.2, 0.25) is 0 Å². The standard InChI is InChI=1S/C18H32N6O8/c1-9(2)14(22-17(28)30-18(3,4)5)24(32-31-20)12-10(8-25)29-15(13(12)26)23-7-6-11(19)21-16(23)27/h6-7,9-10,12-15,25-26H,8,20H2,1-5H3,(H,22,28)(H2,19,21,27). The van der Waals surface area contributed by atoms with Gasteiger partial charge in [-0.25, -0.2) is 9.59 Å². The summed E-state index contributed by atoms with van der Waals surface area (Å²) in [4.78, 5) is 37.7. The molecule has 2 heterocycles. The molecule has 14 nitrogen and oxygen atoms in total. The summed E-state index contributed by atoms with van der Waals surface area (Å²) in [7, 11) is 0. The molecule has 1 aliphatic rings. The minimum Gasteiger partial charge on any atom is -0.444 e. The molecule has 1 amide bonds. The molecule has 32 heavy (non-hydrogen) atoms. The summed E-state index contributed by atoms with van der Waals surface area (Å²) in [5, 5.41) is 24.6. The lowest BCUT2D eigenvalue weighted by Gasteiger charge is -2.38. The lowest BCUT2D eigenvalue weighted by molar-refractivity contribution is -0.460. The van der Waals surface area contributed by atoms with Crippen LogP contribution in [-0.2, 0) is 19.5 Å². The van der Waals surface area contributed by atoms with Crippen molar-refractivity contribution in [3.05, 3.63) is 22.7 Å². The zero-order valence-electron chi connectivity index (χ0n) is 18.7. The fourth-order valence-corrected chi connectivity index (χ4v) is 3.33. The van der Waals surface area contributed by atoms with E-state index in [-0.39, 0.29) is 11.7 Å². The quantitative estimate of drug-likeness (QED) is 0.180. The maximum atomic E-state index is 12.4. The molecule has 1 aromatic heterocycles. The highest BCUT2D eigenvalue weighted by atomic mass is 17.3. The third-order valence-electron chi connectivity index (χ3n) is 4.64. The third kappa shape index (κ3) is 6.13. The zero-order valence-corrected chi connectivity index (χ0v) is 18.7. The SMILES string of the molecule is CC(C)C(NC(=O)OC(C)(C)C)N(OON)C1C(CO)OC(n2ccc(N)nc2=O)C1O. The fourth-order valence-electron chi connectivity index (χ4n) is 3.33. The van der Waals surface area contributed by atoms with Crippen LogP contribution in [0, 0.1) is 5.92 Å². The maximum Gasteiger partial charge on any atom is 0.408 e. The minimum atomic E-state index is -1.44. The highest BCUT2D eigenvalue weighted by Crippen LogP contribution is 2.33. The molecular formula is C18H32N6O8. The van der Waals surface area contributed by atoms with Crippen molar-refractivity contribution in [1.29, 1.82) is 0 Å². The molecular weight excluding hydrogens is 428 g/mol. The van der Waals surface area contributed by atoms with E-state index in [9.17, 15) is 19.8 Å². The van der Waals surface area contributed by atoms with Gasteiger partial charge in [-0.1, -0.05) is 13.8 Å². The molecule has 2 rings (SSSR count). The molecule has 14 heteroatoms. The van der Waals surface area contributed by atoms with Crippen LogP contribution in [0.15, 0.2) is 17.1 Å². The number of nitrogens with one attached hydrogen (secondary N) is 1. The van der Waals surface area contributed by atoms with Gasteiger partial charge >= 0.3 is 11.8 Å². The normalized spacial score (nSPS) is 24.7. The number of rotatable bonds is 8. The van der Waals surface area contributed by atoms with Gasteiger partial charge in [0.05, 0.1) is 12.6 Å². The third-order valence-corrected chi connectivity index (χ3v) is 4.64. The van der Waals surface area contributed by atoms with Crippen LogP contribution in [0.25, 0.3) is 0 Å². The van der Waals surface area contributed by atoms with Crippen LogP contribution >= 0.6 is 0 Å². The molecule has 1 aliphatic heterocycles. The second-order valence-corrected chi connectivity index (χ2v) is 8.64. The van der Waals surface area contributed by atoms with Crippen molar-refractivity contribution in [2.75, 3.05) is 12.3 Å². The number of nitrogen functional groups attached to an aromatic ring is 1. The van der Waals surface area contributed by atoms with Crippen molar-refractivity contribution in [3.8, 4) is 0 Å². The maximum absolute atomic E-state index is 12.4. The molecule has 1 fully saturated rings. The summed E-state index contributed by atoms with van der Waals surface area (Å²) in [5.41, 5.74) is 3.99. The number of aliphatic hydroxyl groups excluding tert-OH is 2. The Balaban J connectivity index is 2.37. The monoisotopic (exact) mass is 460 g/mol. The molecule has 1 aromatic rings. The van der Waals surface area contributed by atoms with Gasteiger partial charge in [0, 0.05) is 6.20 Å². The zero-order chi connectivity index (χ0) is 24.2. The van der Waals surface area contributed by atoms with Crippen molar-refractivity contribution in [3.63, 3.8) is 0 Å². The molecule has 0 aliphatic carbocycles. The van der Waals surface area contributed by atoms with E-state index in [1.165, 1.54) is 12.3 Å². The van der Waals surface area contributed by atoms with E-state index in [2.05, 4.69) is 15.3 Å². The number of aromatic nitrogens is 2. The summed E-state index contributed by atoms with van der Waals surface area (Å²) in [5.74, 6) is 4.80. The first-order valence-corrected chi connectivity index (χ1v) is 10.00. The Morgan fingerprint density at radius 2 is 2.09 bits per heavy atom. The average Bonchev–Trinajstić information content (AvgIpc) is 2.99. The van der Waals surface area contributed by atoms with Crippen molar-refractivity contribution < 1.29 is 34.5 Å². The van der Waals surface area contributed by atoms with Gasteiger partial charge < -0.3 is 30.7 Å². The van der Waals surface area contributed by atoms with Gasteiger partial charge in [0.15, 0.2) is 6.23 Å². The molecule has 0 aromatic carbocycles. The lowest BCUT2D eigenvalue weighted by Crippen LogP contribution is -2.60. The van der Waals surface area contributed by atoms with Crippen LogP contribution in [0.1, 0.15) is 40.8 Å². The number of aliphatic hydroxyl groups is 2. The Morgan fingerprint density at radius 1 is 1.44 bits per heavy atom. The number of nitrogens with zero attached hydrogens (tertiary/aromatic N) is 3. The number of carbonyl (C=O) groups is 1. The van der Waals surface area contributed by atoms with E-state index in [4.69, 9.17) is 26.1 Å². The van der Waals surface area contributed by atoms with Crippen LogP contribution in [0.3, 0.4) is 0 Å². The molecule has 0 saturated carbocycles. The topological polar surface area (TPSA) is 197 Å². The number of hydrogen-bond donors (Lipinski definition) is 5. The van der Waals surface area contributed by atoms with Crippen LogP contribution in [0.5, 0.6) is 0 Å². The lowest BCUT2D eigenvalue weighted by atomic mass is 10.0. The van der Waals surface area contributed by atoms with Gasteiger partial charge in [-0.2, -0.15) is 10.9 Å². The van der Waals surface area contributed by atoms with Crippen molar-refractivity contribution >= 4 is 11.9 Å². The molecule has 182 valence electrons. The van der Waals surface area contributed by atoms with Gasteiger partial charge in [0.1, 0.15) is 29.8 Å². The first kappa shape index (κ1) is 25.9. The second kappa shape index (κ2) is 10.5. The summed E-state index contributed by atoms with van der Waals surface area (Å²) in [6.07, 6.45) is -4.13. The fraction of sp³-hybridized carbons (Fsp3) is 0.722. The number of alkyl carbamates (subject to hydrolysis) is 1. The smallest absolute Gasteiger partial charge is 0.408 e. The summed E-state index contributed by atoms with van der Waals surface area (Å²) in [6, 6.07) is 0.233. The van der Waals surface area contributed by atoms with E-state index in [1.807, 2.05) is 0 Å². The number of amides is 1. The van der Waals surface area contributed by atoms with Crippen molar-refractivity contribution in [1.82, 2.24) is 19.9 Å². The van der Waals surface area contributed by atoms with Gasteiger partial charge in [-0.3, -0.25) is 4.57 Å². The molecule has 1 saturated heterocycles. The number of carbonyl (C=O) groups excluding carboxylic acids is 1. The van der Waals surface area contributed by atoms with Gasteiger partial charge in [-0.05, 0) is 32.8 Å². The average molecular weight is 460 g/mol. The van der Waals surface area contributed by atoms with Crippen LogP contribution in [0.4, 0.5) is 10.6 Å². The highest BCUT2D eigenvalue weighted by Gasteiger charge is 2.51. The molecule has 7 N–H and O–H groups in total. The Kier molecular flexibility index (Phi) is 8.53. The molecule has 0 bridgehead atoms. The number of hydrogen-bond acceptors (Lipinski definition) is 12. The van der Waals surface area contributed by atoms with Crippen LogP contribution < -0.4 is 22.6 Å². The van der Waals surface area contributed by atoms with E-state index in [0.29, 0.717) is 0 Å². The highest BCUT2D eigenvalue weighted by molar-refractivity contribution is 5.68. The Hall–Kier alpha value is -2.33. The minimum absolute atomic E-state index is 0.00285. The first-order valence-electron chi connectivity index (χ1n) is 10.00. The van der Waals surface area contributed by atoms with E-state index in [1.54, 1.807) is 34.6 Å². The number of nitrogens with two attached hydrogens (primary N) is 2. The van der Waals surface area contributed by atoms with Gasteiger partial charge in [0.2, 0.25) is 0 Å². The summed E-state index contributed by atoms with van der Waals surface area (Å²) < 4.78 is 12.0. The van der Waals surface area contributed by atoms with Gasteiger partial charge in [-0.15, -0.1) is 15.0 Å². The predicted molar refractivity (Wildman–Crippen MR) is 110 cm³/mol. The van der Waals surface area contributed by atoms with Crippen molar-refractivity contribution in [2.45, 2.75) is 70.9 Å². The predicted octanol–water partition coefficient (Wildman–Crippen LogP) is -1.01. The molecule has 5 unspecified atom stereocenters. The first-order chi connectivity index (χ1) is 14.9. The Bertz CT molecular complexity index is 828.